The monoisotopic (exact) mass is 263 g/mol. The standard InChI is InChI=1S/C15H13N5/c16-14-18-13(19-15(17)20-14)12-9-5-4-8-11(12)10-6-2-1-3-7-10/h1-9H,(H4,16,17,18,19,20). The maximum atomic E-state index is 5.64. The molecule has 0 saturated heterocycles. The van der Waals surface area contributed by atoms with Gasteiger partial charge in [-0.3, -0.25) is 0 Å². The van der Waals surface area contributed by atoms with Crippen LogP contribution in [-0.2, 0) is 0 Å². The van der Waals surface area contributed by atoms with Gasteiger partial charge in [0.15, 0.2) is 5.82 Å². The van der Waals surface area contributed by atoms with Gasteiger partial charge in [-0.1, -0.05) is 54.6 Å². The maximum Gasteiger partial charge on any atom is 0.225 e. The second-order valence-corrected chi connectivity index (χ2v) is 4.29. The molecule has 0 aliphatic heterocycles. The average molecular weight is 263 g/mol. The van der Waals surface area contributed by atoms with E-state index in [4.69, 9.17) is 11.5 Å². The number of nitrogens with two attached hydrogens (primary N) is 2. The fraction of sp³-hybridized carbons (Fsp3) is 0. The van der Waals surface area contributed by atoms with Gasteiger partial charge in [0.05, 0.1) is 0 Å². The van der Waals surface area contributed by atoms with Gasteiger partial charge in [0.2, 0.25) is 11.9 Å². The van der Waals surface area contributed by atoms with E-state index in [0.29, 0.717) is 5.82 Å². The first-order valence-electron chi connectivity index (χ1n) is 6.16. The Morgan fingerprint density at radius 1 is 0.600 bits per heavy atom. The minimum absolute atomic E-state index is 0.121. The first kappa shape index (κ1) is 12.1. The van der Waals surface area contributed by atoms with Gasteiger partial charge in [-0.2, -0.15) is 15.0 Å². The number of nitrogens with zero attached hydrogens (tertiary/aromatic N) is 3. The van der Waals surface area contributed by atoms with Crippen LogP contribution in [0, 0.1) is 0 Å². The van der Waals surface area contributed by atoms with E-state index in [1.54, 1.807) is 0 Å². The molecule has 0 fully saturated rings. The highest BCUT2D eigenvalue weighted by Crippen LogP contribution is 2.30. The molecule has 5 heteroatoms. The molecule has 0 amide bonds. The summed E-state index contributed by atoms with van der Waals surface area (Å²) in [6, 6.07) is 17.9. The van der Waals surface area contributed by atoms with Crippen molar-refractivity contribution in [3.63, 3.8) is 0 Å². The van der Waals surface area contributed by atoms with E-state index in [1.807, 2.05) is 54.6 Å². The molecule has 0 aliphatic carbocycles. The number of hydrogen-bond acceptors (Lipinski definition) is 5. The molecule has 1 aromatic heterocycles. The Kier molecular flexibility index (Phi) is 3.01. The van der Waals surface area contributed by atoms with Gasteiger partial charge in [0.1, 0.15) is 0 Å². The summed E-state index contributed by atoms with van der Waals surface area (Å²) in [5, 5.41) is 0. The van der Waals surface area contributed by atoms with Crippen LogP contribution in [0.2, 0.25) is 0 Å². The van der Waals surface area contributed by atoms with Crippen molar-refractivity contribution in [2.75, 3.05) is 11.5 Å². The number of aromatic nitrogens is 3. The van der Waals surface area contributed by atoms with Crippen LogP contribution in [0.15, 0.2) is 54.6 Å². The molecule has 1 heterocycles. The van der Waals surface area contributed by atoms with E-state index in [9.17, 15) is 0 Å². The summed E-state index contributed by atoms with van der Waals surface area (Å²) in [5.41, 5.74) is 14.3. The largest absolute Gasteiger partial charge is 0.368 e. The molecule has 0 atom stereocenters. The van der Waals surface area contributed by atoms with Crippen molar-refractivity contribution < 1.29 is 0 Å². The topological polar surface area (TPSA) is 90.7 Å². The number of rotatable bonds is 2. The van der Waals surface area contributed by atoms with Gasteiger partial charge in [0.25, 0.3) is 0 Å². The molecule has 0 radical (unpaired) electrons. The van der Waals surface area contributed by atoms with E-state index in [-0.39, 0.29) is 11.9 Å². The van der Waals surface area contributed by atoms with E-state index in [1.165, 1.54) is 0 Å². The minimum atomic E-state index is 0.121. The zero-order chi connectivity index (χ0) is 13.9. The highest BCUT2D eigenvalue weighted by Gasteiger charge is 2.10. The Morgan fingerprint density at radius 2 is 1.15 bits per heavy atom. The molecule has 2 aromatic carbocycles. The van der Waals surface area contributed by atoms with Crippen molar-refractivity contribution in [1.82, 2.24) is 15.0 Å². The molecule has 0 saturated carbocycles. The summed E-state index contributed by atoms with van der Waals surface area (Å²) in [7, 11) is 0. The number of hydrogen-bond donors (Lipinski definition) is 2. The fourth-order valence-electron chi connectivity index (χ4n) is 2.08. The third-order valence-corrected chi connectivity index (χ3v) is 2.92. The molecule has 3 rings (SSSR count). The fourth-order valence-corrected chi connectivity index (χ4v) is 2.08. The number of benzene rings is 2. The molecule has 20 heavy (non-hydrogen) atoms. The molecule has 0 unspecified atom stereocenters. The van der Waals surface area contributed by atoms with Crippen LogP contribution in [0.25, 0.3) is 22.5 Å². The second-order valence-electron chi connectivity index (χ2n) is 4.29. The van der Waals surface area contributed by atoms with Gasteiger partial charge in [0, 0.05) is 5.56 Å². The van der Waals surface area contributed by atoms with Crippen LogP contribution in [0.1, 0.15) is 0 Å². The second kappa shape index (κ2) is 4.97. The molecular formula is C15H13N5. The van der Waals surface area contributed by atoms with Gasteiger partial charge in [-0.05, 0) is 11.1 Å². The van der Waals surface area contributed by atoms with Gasteiger partial charge in [-0.15, -0.1) is 0 Å². The molecular weight excluding hydrogens is 250 g/mol. The van der Waals surface area contributed by atoms with Crippen LogP contribution in [0.4, 0.5) is 11.9 Å². The number of anilines is 2. The summed E-state index contributed by atoms with van der Waals surface area (Å²) in [6.07, 6.45) is 0. The SMILES string of the molecule is Nc1nc(N)nc(-c2ccccc2-c2ccccc2)n1. The van der Waals surface area contributed by atoms with E-state index >= 15 is 0 Å². The Hall–Kier alpha value is -2.95. The summed E-state index contributed by atoms with van der Waals surface area (Å²) >= 11 is 0. The van der Waals surface area contributed by atoms with E-state index in [2.05, 4.69) is 15.0 Å². The molecule has 0 aliphatic rings. The quantitative estimate of drug-likeness (QED) is 0.740. The van der Waals surface area contributed by atoms with Gasteiger partial charge in [-0.25, -0.2) is 0 Å². The van der Waals surface area contributed by atoms with Crippen molar-refractivity contribution in [3.05, 3.63) is 54.6 Å². The molecule has 98 valence electrons. The van der Waals surface area contributed by atoms with E-state index in [0.717, 1.165) is 16.7 Å². The zero-order valence-electron chi connectivity index (χ0n) is 10.7. The van der Waals surface area contributed by atoms with Gasteiger partial charge < -0.3 is 11.5 Å². The molecule has 0 bridgehead atoms. The third-order valence-electron chi connectivity index (χ3n) is 2.92. The summed E-state index contributed by atoms with van der Waals surface area (Å²) in [6.45, 7) is 0. The summed E-state index contributed by atoms with van der Waals surface area (Å²) in [5.74, 6) is 0.722. The van der Waals surface area contributed by atoms with Crippen molar-refractivity contribution in [2.24, 2.45) is 0 Å². The Labute approximate surface area is 116 Å². The highest BCUT2D eigenvalue weighted by molar-refractivity contribution is 5.80. The third kappa shape index (κ3) is 2.29. The Bertz CT molecular complexity index is 720. The Morgan fingerprint density at radius 3 is 1.80 bits per heavy atom. The molecule has 0 spiro atoms. The normalized spacial score (nSPS) is 10.4. The lowest BCUT2D eigenvalue weighted by Gasteiger charge is -2.09. The Balaban J connectivity index is 2.20. The van der Waals surface area contributed by atoms with Crippen molar-refractivity contribution in [1.29, 1.82) is 0 Å². The van der Waals surface area contributed by atoms with Crippen LogP contribution < -0.4 is 11.5 Å². The van der Waals surface area contributed by atoms with Crippen molar-refractivity contribution in [3.8, 4) is 22.5 Å². The maximum absolute atomic E-state index is 5.64. The van der Waals surface area contributed by atoms with Gasteiger partial charge >= 0.3 is 0 Å². The van der Waals surface area contributed by atoms with Crippen molar-refractivity contribution >= 4 is 11.9 Å². The van der Waals surface area contributed by atoms with Crippen LogP contribution in [-0.4, -0.2) is 15.0 Å². The predicted molar refractivity (Wildman–Crippen MR) is 79.5 cm³/mol. The molecule has 4 N–H and O–H groups in total. The summed E-state index contributed by atoms with van der Waals surface area (Å²) in [4.78, 5) is 12.1. The van der Waals surface area contributed by atoms with Crippen LogP contribution >= 0.6 is 0 Å². The smallest absolute Gasteiger partial charge is 0.225 e. The number of nitrogen functional groups attached to an aromatic ring is 2. The zero-order valence-corrected chi connectivity index (χ0v) is 10.7. The molecule has 3 aromatic rings. The lowest BCUT2D eigenvalue weighted by atomic mass is 9.99. The highest BCUT2D eigenvalue weighted by atomic mass is 15.1. The minimum Gasteiger partial charge on any atom is -0.368 e. The predicted octanol–water partition coefficient (Wildman–Crippen LogP) is 2.37. The first-order valence-corrected chi connectivity index (χ1v) is 6.16. The molecule has 5 nitrogen and oxygen atoms in total. The first-order chi connectivity index (χ1) is 9.74. The summed E-state index contributed by atoms with van der Waals surface area (Å²) < 4.78 is 0. The van der Waals surface area contributed by atoms with Crippen LogP contribution in [0.5, 0.6) is 0 Å². The van der Waals surface area contributed by atoms with Crippen molar-refractivity contribution in [2.45, 2.75) is 0 Å². The lowest BCUT2D eigenvalue weighted by Crippen LogP contribution is -2.04. The van der Waals surface area contributed by atoms with E-state index < -0.39 is 0 Å². The lowest BCUT2D eigenvalue weighted by molar-refractivity contribution is 1.09. The average Bonchev–Trinajstić information content (AvgIpc) is 2.47. The van der Waals surface area contributed by atoms with Crippen LogP contribution in [0.3, 0.4) is 0 Å².